The van der Waals surface area contributed by atoms with E-state index >= 15 is 0 Å². The summed E-state index contributed by atoms with van der Waals surface area (Å²) in [7, 11) is 4.04. The number of aromatic amines is 1. The van der Waals surface area contributed by atoms with Crippen molar-refractivity contribution in [1.82, 2.24) is 9.88 Å². The van der Waals surface area contributed by atoms with Crippen LogP contribution >= 0.6 is 0 Å². The molecule has 3 atom stereocenters. The molecule has 0 saturated carbocycles. The highest BCUT2D eigenvalue weighted by atomic mass is 16.4. The molecule has 1 heterocycles. The Morgan fingerprint density at radius 3 is 2.43 bits per heavy atom. The first-order chi connectivity index (χ1) is 14.3. The Kier molecular flexibility index (Phi) is 6.77. The van der Waals surface area contributed by atoms with Crippen molar-refractivity contribution < 1.29 is 9.21 Å². The average Bonchev–Trinajstić information content (AvgIpc) is 3.06. The third-order valence-electron chi connectivity index (χ3n) is 5.91. The van der Waals surface area contributed by atoms with Crippen molar-refractivity contribution in [2.75, 3.05) is 14.1 Å². The van der Waals surface area contributed by atoms with Gasteiger partial charge in [-0.05, 0) is 62.0 Å². The van der Waals surface area contributed by atoms with Gasteiger partial charge in [-0.3, -0.25) is 9.78 Å². The van der Waals surface area contributed by atoms with Crippen LogP contribution in [0.4, 0.5) is 0 Å². The zero-order valence-electron chi connectivity index (χ0n) is 18.1. The molecule has 2 aromatic carbocycles. The third kappa shape index (κ3) is 5.00. The normalized spacial score (nSPS) is 14.9. The highest BCUT2D eigenvalue weighted by Crippen LogP contribution is 2.35. The van der Waals surface area contributed by atoms with Crippen molar-refractivity contribution in [2.45, 2.75) is 38.6 Å². The van der Waals surface area contributed by atoms with E-state index in [1.807, 2.05) is 50.5 Å². The average molecular weight is 410 g/mol. The zero-order chi connectivity index (χ0) is 21.8. The molecule has 1 amide bonds. The number of carbonyl (C=O) groups excluding carboxylic acids is 1. The monoisotopic (exact) mass is 409 g/mol. The highest BCUT2D eigenvalue weighted by molar-refractivity contribution is 5.78. The van der Waals surface area contributed by atoms with Crippen LogP contribution in [0.25, 0.3) is 11.1 Å². The standard InChI is InChI=1S/C24H31N3O3/c1-15(2)22(17-8-6-5-7-9-17)19(23(25)28)14-18(27(3)4)12-16-10-11-20-21(13-16)30-24(29)26-20/h5-11,13,15,18-19,22H,12,14H2,1-4H3,(H2,25,28)(H,26,29)/t18-,19?,22?/m1/s1. The molecule has 0 bridgehead atoms. The van der Waals surface area contributed by atoms with Crippen molar-refractivity contribution in [1.29, 1.82) is 0 Å². The maximum atomic E-state index is 12.6. The van der Waals surface area contributed by atoms with Crippen molar-refractivity contribution in [3.05, 3.63) is 70.2 Å². The molecule has 0 radical (unpaired) electrons. The van der Waals surface area contributed by atoms with E-state index in [2.05, 4.69) is 35.9 Å². The molecule has 0 saturated heterocycles. The first-order valence-corrected chi connectivity index (χ1v) is 10.4. The number of nitrogens with two attached hydrogens (primary N) is 1. The van der Waals surface area contributed by atoms with Gasteiger partial charge in [-0.15, -0.1) is 0 Å². The minimum atomic E-state index is -0.456. The van der Waals surface area contributed by atoms with Crippen LogP contribution in [0.15, 0.2) is 57.7 Å². The van der Waals surface area contributed by atoms with Gasteiger partial charge in [0.15, 0.2) is 5.58 Å². The molecule has 6 heteroatoms. The molecule has 3 N–H and O–H groups in total. The van der Waals surface area contributed by atoms with Gasteiger partial charge in [-0.1, -0.05) is 50.2 Å². The lowest BCUT2D eigenvalue weighted by Crippen LogP contribution is -2.39. The molecular weight excluding hydrogens is 378 g/mol. The number of hydrogen-bond acceptors (Lipinski definition) is 4. The summed E-state index contributed by atoms with van der Waals surface area (Å²) in [6.45, 7) is 4.28. The number of rotatable bonds is 9. The van der Waals surface area contributed by atoms with Crippen LogP contribution in [0.2, 0.25) is 0 Å². The SMILES string of the molecule is CC(C)C(c1ccccc1)C(C[C@@H](Cc1ccc2[nH]c(=O)oc2c1)N(C)C)C(N)=O. The number of likely N-dealkylation sites (N-methyl/N-ethyl adjacent to an activating group) is 1. The van der Waals surface area contributed by atoms with Crippen LogP contribution in [0.1, 0.15) is 37.3 Å². The fourth-order valence-electron chi connectivity index (χ4n) is 4.36. The number of nitrogens with zero attached hydrogens (tertiary/aromatic N) is 1. The van der Waals surface area contributed by atoms with Crippen LogP contribution in [-0.4, -0.2) is 35.9 Å². The fourth-order valence-corrected chi connectivity index (χ4v) is 4.36. The quantitative estimate of drug-likeness (QED) is 0.565. The number of H-pyrrole nitrogens is 1. The Hall–Kier alpha value is -2.86. The summed E-state index contributed by atoms with van der Waals surface area (Å²) in [6.07, 6.45) is 1.37. The van der Waals surface area contributed by atoms with Crippen molar-refractivity contribution >= 4 is 17.0 Å². The minimum absolute atomic E-state index is 0.0522. The fraction of sp³-hybridized carbons (Fsp3) is 0.417. The van der Waals surface area contributed by atoms with E-state index in [0.717, 1.165) is 17.5 Å². The number of hydrogen-bond donors (Lipinski definition) is 2. The number of carbonyl (C=O) groups is 1. The Balaban J connectivity index is 1.87. The van der Waals surface area contributed by atoms with Gasteiger partial charge in [0.1, 0.15) is 0 Å². The Labute approximate surface area is 177 Å². The molecule has 30 heavy (non-hydrogen) atoms. The molecular formula is C24H31N3O3. The van der Waals surface area contributed by atoms with Crippen LogP contribution in [0.3, 0.4) is 0 Å². The first-order valence-electron chi connectivity index (χ1n) is 10.4. The van der Waals surface area contributed by atoms with E-state index < -0.39 is 5.76 Å². The highest BCUT2D eigenvalue weighted by Gasteiger charge is 2.33. The van der Waals surface area contributed by atoms with Gasteiger partial charge in [0.2, 0.25) is 5.91 Å². The second kappa shape index (κ2) is 9.30. The molecule has 3 aromatic rings. The van der Waals surface area contributed by atoms with E-state index in [9.17, 15) is 9.59 Å². The van der Waals surface area contributed by atoms with Crippen LogP contribution in [-0.2, 0) is 11.2 Å². The first kappa shape index (κ1) is 21.8. The summed E-state index contributed by atoms with van der Waals surface area (Å²) >= 11 is 0. The Morgan fingerprint density at radius 2 is 1.83 bits per heavy atom. The van der Waals surface area contributed by atoms with E-state index in [4.69, 9.17) is 10.2 Å². The van der Waals surface area contributed by atoms with Crippen LogP contribution in [0, 0.1) is 11.8 Å². The van der Waals surface area contributed by atoms with Crippen LogP contribution in [0.5, 0.6) is 0 Å². The molecule has 0 aliphatic heterocycles. The number of aromatic nitrogens is 1. The lowest BCUT2D eigenvalue weighted by atomic mass is 9.74. The maximum Gasteiger partial charge on any atom is 0.417 e. The number of oxazole rings is 1. The summed E-state index contributed by atoms with van der Waals surface area (Å²) in [5.74, 6) is -0.678. The summed E-state index contributed by atoms with van der Waals surface area (Å²) in [4.78, 5) is 28.8. The number of nitrogens with one attached hydrogen (secondary N) is 1. The van der Waals surface area contributed by atoms with Gasteiger partial charge in [-0.25, -0.2) is 4.79 Å². The van der Waals surface area contributed by atoms with E-state index in [-0.39, 0.29) is 29.7 Å². The lowest BCUT2D eigenvalue weighted by molar-refractivity contribution is -0.123. The summed E-state index contributed by atoms with van der Waals surface area (Å²) in [6, 6.07) is 16.0. The topological polar surface area (TPSA) is 92.3 Å². The predicted octanol–water partition coefficient (Wildman–Crippen LogP) is 3.53. The van der Waals surface area contributed by atoms with Crippen molar-refractivity contribution in [2.24, 2.45) is 17.6 Å². The van der Waals surface area contributed by atoms with Gasteiger partial charge in [0.05, 0.1) is 5.52 Å². The molecule has 0 aliphatic carbocycles. The van der Waals surface area contributed by atoms with Gasteiger partial charge in [0.25, 0.3) is 0 Å². The van der Waals surface area contributed by atoms with Crippen molar-refractivity contribution in [3.63, 3.8) is 0 Å². The smallest absolute Gasteiger partial charge is 0.408 e. The maximum absolute atomic E-state index is 12.6. The van der Waals surface area contributed by atoms with Crippen molar-refractivity contribution in [3.8, 4) is 0 Å². The van der Waals surface area contributed by atoms with Crippen LogP contribution < -0.4 is 11.5 Å². The number of fused-ring (bicyclic) bond motifs is 1. The molecule has 2 unspecified atom stereocenters. The minimum Gasteiger partial charge on any atom is -0.408 e. The van der Waals surface area contributed by atoms with Gasteiger partial charge in [-0.2, -0.15) is 0 Å². The van der Waals surface area contributed by atoms with Gasteiger partial charge >= 0.3 is 5.76 Å². The number of benzene rings is 2. The molecule has 1 aromatic heterocycles. The van der Waals surface area contributed by atoms with E-state index in [1.54, 1.807) is 0 Å². The molecule has 6 nitrogen and oxygen atoms in total. The van der Waals surface area contributed by atoms with Gasteiger partial charge < -0.3 is 15.1 Å². The lowest BCUT2D eigenvalue weighted by Gasteiger charge is -2.34. The second-order valence-electron chi connectivity index (χ2n) is 8.59. The summed E-state index contributed by atoms with van der Waals surface area (Å²) in [5.41, 5.74) is 9.34. The molecule has 0 fully saturated rings. The Morgan fingerprint density at radius 1 is 1.13 bits per heavy atom. The molecule has 160 valence electrons. The molecule has 0 aliphatic rings. The Bertz CT molecular complexity index is 1040. The largest absolute Gasteiger partial charge is 0.417 e. The second-order valence-corrected chi connectivity index (χ2v) is 8.59. The zero-order valence-corrected chi connectivity index (χ0v) is 18.1. The number of primary amides is 1. The predicted molar refractivity (Wildman–Crippen MR) is 119 cm³/mol. The number of amides is 1. The molecule has 3 rings (SSSR count). The van der Waals surface area contributed by atoms with E-state index in [1.165, 1.54) is 0 Å². The third-order valence-corrected chi connectivity index (χ3v) is 5.91. The van der Waals surface area contributed by atoms with E-state index in [0.29, 0.717) is 17.5 Å². The summed E-state index contributed by atoms with van der Waals surface area (Å²) < 4.78 is 5.20. The van der Waals surface area contributed by atoms with Gasteiger partial charge in [0, 0.05) is 12.0 Å². The molecule has 0 spiro atoms. The summed E-state index contributed by atoms with van der Waals surface area (Å²) in [5, 5.41) is 0.